The quantitative estimate of drug-likeness (QED) is 0.167. The zero-order valence-electron chi connectivity index (χ0n) is 22.3. The van der Waals surface area contributed by atoms with E-state index in [0.29, 0.717) is 60.9 Å². The summed E-state index contributed by atoms with van der Waals surface area (Å²) in [6.07, 6.45) is -9.17. The smallest absolute Gasteiger partial charge is 0.418 e. The lowest BCUT2D eigenvalue weighted by Crippen LogP contribution is -2.49. The lowest BCUT2D eigenvalue weighted by atomic mass is 10.1. The third-order valence-electron chi connectivity index (χ3n) is 6.90. The van der Waals surface area contributed by atoms with Crippen molar-refractivity contribution in [1.82, 2.24) is 9.80 Å². The molecule has 1 amide bonds. The maximum Gasteiger partial charge on any atom is 0.418 e. The molecule has 0 spiro atoms. The zero-order chi connectivity index (χ0) is 30.8. The highest BCUT2D eigenvalue weighted by atomic mass is 19.4. The Balaban J connectivity index is 1.09. The Morgan fingerprint density at radius 2 is 1.56 bits per heavy atom. The van der Waals surface area contributed by atoms with Gasteiger partial charge in [-0.2, -0.15) is 26.3 Å². The number of carbonyl (C=O) groups excluding carboxylic acids is 1. The van der Waals surface area contributed by atoms with E-state index in [1.54, 1.807) is 35.2 Å². The van der Waals surface area contributed by atoms with E-state index in [1.165, 1.54) is 12.1 Å². The Kier molecular flexibility index (Phi) is 8.31. The second kappa shape index (κ2) is 12.0. The van der Waals surface area contributed by atoms with Gasteiger partial charge in [0.1, 0.15) is 22.8 Å². The number of hydrogen-bond donors (Lipinski definition) is 1. The highest BCUT2D eigenvalue weighted by molar-refractivity contribution is 5.79. The summed E-state index contributed by atoms with van der Waals surface area (Å²) in [7, 11) is 0. The molecular formula is C29H24F6N4O4. The van der Waals surface area contributed by atoms with Crippen LogP contribution in [-0.2, 0) is 23.7 Å². The molecule has 3 aromatic carbocycles. The number of amides is 1. The van der Waals surface area contributed by atoms with Gasteiger partial charge in [0.25, 0.3) is 5.91 Å². The number of ether oxygens (including phenoxy) is 1. The summed E-state index contributed by atoms with van der Waals surface area (Å²) in [5.74, 6) is 0.688. The highest BCUT2D eigenvalue weighted by Crippen LogP contribution is 2.38. The molecule has 0 saturated carbocycles. The molecule has 0 unspecified atom stereocenters. The molecule has 1 aliphatic heterocycles. The van der Waals surface area contributed by atoms with Crippen molar-refractivity contribution in [3.05, 3.63) is 88.5 Å². The lowest BCUT2D eigenvalue weighted by molar-refractivity contribution is -0.138. The van der Waals surface area contributed by atoms with Crippen LogP contribution in [-0.4, -0.2) is 48.5 Å². The van der Waals surface area contributed by atoms with Crippen molar-refractivity contribution in [1.29, 1.82) is 0 Å². The van der Waals surface area contributed by atoms with Gasteiger partial charge in [0.05, 0.1) is 17.7 Å². The molecule has 1 saturated heterocycles. The third kappa shape index (κ3) is 7.25. The van der Waals surface area contributed by atoms with Crippen molar-refractivity contribution >= 4 is 33.9 Å². The van der Waals surface area contributed by atoms with Crippen LogP contribution in [0.2, 0.25) is 0 Å². The van der Waals surface area contributed by atoms with Crippen LogP contribution in [0, 0.1) is 4.91 Å². The molecule has 5 rings (SSSR count). The fourth-order valence-electron chi connectivity index (χ4n) is 4.69. The van der Waals surface area contributed by atoms with Crippen LogP contribution >= 0.6 is 0 Å². The maximum atomic E-state index is 13.2. The van der Waals surface area contributed by atoms with E-state index < -0.39 is 29.2 Å². The predicted octanol–water partition coefficient (Wildman–Crippen LogP) is 7.34. The average molecular weight is 607 g/mol. The first-order chi connectivity index (χ1) is 20.4. The summed E-state index contributed by atoms with van der Waals surface area (Å²) in [6, 6.07) is 14.3. The second-order valence-electron chi connectivity index (χ2n) is 9.88. The minimum absolute atomic E-state index is 0.110. The third-order valence-corrected chi connectivity index (χ3v) is 6.90. The van der Waals surface area contributed by atoms with Gasteiger partial charge in [-0.15, -0.1) is 4.91 Å². The van der Waals surface area contributed by atoms with E-state index in [4.69, 9.17) is 9.15 Å². The molecule has 0 atom stereocenters. The van der Waals surface area contributed by atoms with Gasteiger partial charge in [0.2, 0.25) is 0 Å². The van der Waals surface area contributed by atoms with Crippen LogP contribution in [0.15, 0.2) is 76.3 Å². The van der Waals surface area contributed by atoms with Crippen LogP contribution in [0.1, 0.15) is 16.9 Å². The van der Waals surface area contributed by atoms with Crippen molar-refractivity contribution in [2.24, 2.45) is 5.18 Å². The normalized spacial score (nSPS) is 14.6. The zero-order valence-corrected chi connectivity index (χ0v) is 22.3. The minimum Gasteiger partial charge on any atom is -0.484 e. The first kappa shape index (κ1) is 29.9. The van der Waals surface area contributed by atoms with E-state index in [-0.39, 0.29) is 18.2 Å². The number of furan rings is 1. The molecule has 43 heavy (non-hydrogen) atoms. The number of fused-ring (bicyclic) bond motifs is 1. The molecular weight excluding hydrogens is 582 g/mol. The van der Waals surface area contributed by atoms with Crippen molar-refractivity contribution in [3.63, 3.8) is 0 Å². The summed E-state index contributed by atoms with van der Waals surface area (Å²) in [5, 5.41) is 5.62. The molecule has 1 N–H and O–H groups in total. The van der Waals surface area contributed by atoms with E-state index in [9.17, 15) is 36.0 Å². The molecule has 0 radical (unpaired) electrons. The van der Waals surface area contributed by atoms with Crippen LogP contribution in [0.4, 0.5) is 43.4 Å². The van der Waals surface area contributed by atoms with E-state index >= 15 is 0 Å². The number of piperazine rings is 1. The number of nitroso groups, excluding NO2 is 1. The molecule has 1 aromatic heterocycles. The fourth-order valence-corrected chi connectivity index (χ4v) is 4.69. The van der Waals surface area contributed by atoms with Gasteiger partial charge in [-0.05, 0) is 71.9 Å². The van der Waals surface area contributed by atoms with Gasteiger partial charge >= 0.3 is 12.4 Å². The molecule has 1 fully saturated rings. The van der Waals surface area contributed by atoms with Crippen LogP contribution in [0.3, 0.4) is 0 Å². The summed E-state index contributed by atoms with van der Waals surface area (Å²) >= 11 is 0. The standard InChI is InChI=1S/C29H24F6N4O4/c30-28(31,32)19-1-8-26-18(13-19)14-23(43-26)16-38-9-11-39(12-10-38)27(40)17-42-22-5-2-20(3-6-22)36-21-4-7-25(37-41)24(15-21)29(33,34)35/h1-8,13-15,36H,9-12,16-17H2. The summed E-state index contributed by atoms with van der Waals surface area (Å²) in [6.45, 7) is 2.12. The van der Waals surface area contributed by atoms with Crippen molar-refractivity contribution in [2.45, 2.75) is 18.9 Å². The summed E-state index contributed by atoms with van der Waals surface area (Å²) < 4.78 is 89.7. The Bertz CT molecular complexity index is 1610. The second-order valence-corrected chi connectivity index (χ2v) is 9.88. The number of halogens is 6. The van der Waals surface area contributed by atoms with Crippen molar-refractivity contribution in [2.75, 3.05) is 38.1 Å². The molecule has 8 nitrogen and oxygen atoms in total. The first-order valence-electron chi connectivity index (χ1n) is 13.0. The number of benzene rings is 3. The average Bonchev–Trinajstić information content (AvgIpc) is 3.38. The molecule has 0 bridgehead atoms. The lowest BCUT2D eigenvalue weighted by Gasteiger charge is -2.34. The van der Waals surface area contributed by atoms with Crippen LogP contribution in [0.5, 0.6) is 5.75 Å². The van der Waals surface area contributed by atoms with Gasteiger partial charge < -0.3 is 19.4 Å². The molecule has 2 heterocycles. The molecule has 226 valence electrons. The number of rotatable bonds is 8. The van der Waals surface area contributed by atoms with Gasteiger partial charge in [0, 0.05) is 42.9 Å². The highest BCUT2D eigenvalue weighted by Gasteiger charge is 2.34. The molecule has 4 aromatic rings. The monoisotopic (exact) mass is 606 g/mol. The number of hydrogen-bond acceptors (Lipinski definition) is 7. The van der Waals surface area contributed by atoms with E-state index in [2.05, 4.69) is 10.5 Å². The fraction of sp³-hybridized carbons (Fsp3) is 0.276. The Labute approximate surface area is 240 Å². The maximum absolute atomic E-state index is 13.2. The van der Waals surface area contributed by atoms with Gasteiger partial charge in [-0.1, -0.05) is 0 Å². The SMILES string of the molecule is O=Nc1ccc(Nc2ccc(OCC(=O)N3CCN(Cc4cc5cc(C(F)(F)F)ccc5o4)CC3)cc2)cc1C(F)(F)F. The Morgan fingerprint density at radius 1 is 0.860 bits per heavy atom. The predicted molar refractivity (Wildman–Crippen MR) is 145 cm³/mol. The van der Waals surface area contributed by atoms with Gasteiger partial charge in [-0.25, -0.2) is 0 Å². The largest absolute Gasteiger partial charge is 0.484 e. The van der Waals surface area contributed by atoms with Gasteiger partial charge in [0.15, 0.2) is 6.61 Å². The first-order valence-corrected chi connectivity index (χ1v) is 13.0. The van der Waals surface area contributed by atoms with Crippen molar-refractivity contribution < 1.29 is 40.3 Å². The number of alkyl halides is 6. The number of nitrogens with zero attached hydrogens (tertiary/aromatic N) is 3. The summed E-state index contributed by atoms with van der Waals surface area (Å²) in [5.41, 5.74) is -1.65. The Morgan fingerprint density at radius 3 is 2.21 bits per heavy atom. The number of nitrogens with one attached hydrogen (secondary N) is 1. The number of anilines is 2. The summed E-state index contributed by atoms with van der Waals surface area (Å²) in [4.78, 5) is 27.1. The Hall–Kier alpha value is -4.59. The van der Waals surface area contributed by atoms with Crippen molar-refractivity contribution in [3.8, 4) is 5.75 Å². The van der Waals surface area contributed by atoms with E-state index in [0.717, 1.165) is 24.3 Å². The molecule has 14 heteroatoms. The molecule has 0 aliphatic carbocycles. The van der Waals surface area contributed by atoms with Crippen LogP contribution in [0.25, 0.3) is 11.0 Å². The van der Waals surface area contributed by atoms with Crippen LogP contribution < -0.4 is 10.1 Å². The molecule has 1 aliphatic rings. The number of carbonyl (C=O) groups is 1. The topological polar surface area (TPSA) is 87.4 Å². The minimum atomic E-state index is -4.74. The van der Waals surface area contributed by atoms with E-state index in [1.807, 2.05) is 4.90 Å². The van der Waals surface area contributed by atoms with Gasteiger partial charge in [-0.3, -0.25) is 9.69 Å².